The second-order valence-electron chi connectivity index (χ2n) is 5.74. The molecule has 120 valence electrons. The van der Waals surface area contributed by atoms with Gasteiger partial charge in [0.2, 0.25) is 5.91 Å². The smallest absolute Gasteiger partial charge is 0.232 e. The summed E-state index contributed by atoms with van der Waals surface area (Å²) >= 11 is 1.65. The lowest BCUT2D eigenvalue weighted by Gasteiger charge is -2.15. The van der Waals surface area contributed by atoms with Gasteiger partial charge in [-0.05, 0) is 24.1 Å². The van der Waals surface area contributed by atoms with Crippen molar-refractivity contribution in [1.82, 2.24) is 5.32 Å². The van der Waals surface area contributed by atoms with Crippen LogP contribution in [0.2, 0.25) is 0 Å². The summed E-state index contributed by atoms with van der Waals surface area (Å²) in [6, 6.07) is 18.3. The number of amides is 1. The summed E-state index contributed by atoms with van der Waals surface area (Å²) < 4.78 is 5.84. The molecule has 0 aromatic heterocycles. The van der Waals surface area contributed by atoms with E-state index in [0.717, 1.165) is 17.9 Å². The highest BCUT2D eigenvalue weighted by Crippen LogP contribution is 2.27. The number of fused-ring (bicyclic) bond motifs is 1. The Labute approximate surface area is 141 Å². The van der Waals surface area contributed by atoms with Crippen LogP contribution in [0.1, 0.15) is 18.1 Å². The third kappa shape index (κ3) is 4.29. The maximum atomic E-state index is 12.2. The number of thioether (sulfide) groups is 1. The molecular weight excluding hydrogens is 306 g/mol. The molecule has 2 atom stereocenters. The van der Waals surface area contributed by atoms with Crippen molar-refractivity contribution in [2.45, 2.75) is 30.5 Å². The molecule has 2 aromatic rings. The van der Waals surface area contributed by atoms with Crippen LogP contribution in [0.5, 0.6) is 5.75 Å². The molecule has 23 heavy (non-hydrogen) atoms. The molecule has 3 rings (SSSR count). The van der Waals surface area contributed by atoms with Crippen LogP contribution in [0, 0.1) is 0 Å². The Kier molecular flexibility index (Phi) is 5.23. The van der Waals surface area contributed by atoms with E-state index < -0.39 is 0 Å². The molecule has 0 aliphatic carbocycles. The van der Waals surface area contributed by atoms with Crippen molar-refractivity contribution in [3.63, 3.8) is 0 Å². The Hall–Kier alpha value is -1.94. The van der Waals surface area contributed by atoms with Crippen LogP contribution in [-0.2, 0) is 17.0 Å². The van der Waals surface area contributed by atoms with Gasteiger partial charge in [-0.15, -0.1) is 11.8 Å². The Morgan fingerprint density at radius 2 is 1.96 bits per heavy atom. The number of hydrogen-bond acceptors (Lipinski definition) is 3. The average molecular weight is 327 g/mol. The standard InChI is InChI=1S/C19H21NO2S/c1-14(23-13-15-7-3-2-4-8-15)19(21)20-12-17-11-16-9-5-6-10-18(16)22-17/h2-10,14,17H,11-13H2,1H3,(H,20,21)/t14-,17-/m1/s1. The van der Waals surface area contributed by atoms with E-state index in [1.165, 1.54) is 11.1 Å². The van der Waals surface area contributed by atoms with E-state index in [4.69, 9.17) is 4.74 Å². The van der Waals surface area contributed by atoms with Crippen LogP contribution in [0.4, 0.5) is 0 Å². The maximum absolute atomic E-state index is 12.2. The molecule has 0 bridgehead atoms. The zero-order valence-electron chi connectivity index (χ0n) is 13.2. The van der Waals surface area contributed by atoms with Crippen molar-refractivity contribution in [2.24, 2.45) is 0 Å². The summed E-state index contributed by atoms with van der Waals surface area (Å²) in [5.74, 6) is 1.87. The summed E-state index contributed by atoms with van der Waals surface area (Å²) in [4.78, 5) is 12.2. The summed E-state index contributed by atoms with van der Waals surface area (Å²) in [6.07, 6.45) is 0.907. The van der Waals surface area contributed by atoms with Gasteiger partial charge in [0.05, 0.1) is 11.8 Å². The number of rotatable bonds is 6. The third-order valence-electron chi connectivity index (χ3n) is 3.93. The van der Waals surface area contributed by atoms with E-state index in [1.807, 2.05) is 43.3 Å². The van der Waals surface area contributed by atoms with Crippen molar-refractivity contribution in [1.29, 1.82) is 0 Å². The van der Waals surface area contributed by atoms with Gasteiger partial charge in [0.15, 0.2) is 0 Å². The van der Waals surface area contributed by atoms with E-state index in [-0.39, 0.29) is 17.3 Å². The molecule has 1 amide bonds. The quantitative estimate of drug-likeness (QED) is 0.883. The molecule has 4 heteroatoms. The molecular formula is C19H21NO2S. The summed E-state index contributed by atoms with van der Waals surface area (Å²) in [6.45, 7) is 2.51. The topological polar surface area (TPSA) is 38.3 Å². The zero-order valence-corrected chi connectivity index (χ0v) is 14.0. The van der Waals surface area contributed by atoms with Crippen molar-refractivity contribution in [2.75, 3.05) is 6.54 Å². The predicted octanol–water partition coefficient (Wildman–Crippen LogP) is 3.43. The predicted molar refractivity (Wildman–Crippen MR) is 94.8 cm³/mol. The number of hydrogen-bond donors (Lipinski definition) is 1. The second kappa shape index (κ2) is 7.55. The lowest BCUT2D eigenvalue weighted by molar-refractivity contribution is -0.120. The molecule has 0 saturated heterocycles. The lowest BCUT2D eigenvalue weighted by Crippen LogP contribution is -2.38. The molecule has 0 unspecified atom stereocenters. The van der Waals surface area contributed by atoms with Crippen LogP contribution in [0.25, 0.3) is 0 Å². The third-order valence-corrected chi connectivity index (χ3v) is 5.14. The van der Waals surface area contributed by atoms with E-state index in [2.05, 4.69) is 23.5 Å². The minimum absolute atomic E-state index is 0.0441. The molecule has 1 heterocycles. The van der Waals surface area contributed by atoms with E-state index in [1.54, 1.807) is 11.8 Å². The summed E-state index contributed by atoms with van der Waals surface area (Å²) in [5.41, 5.74) is 2.46. The normalized spacial score (nSPS) is 17.2. The first-order valence-corrected chi connectivity index (χ1v) is 8.95. The minimum atomic E-state index is -0.0704. The zero-order chi connectivity index (χ0) is 16.1. The highest BCUT2D eigenvalue weighted by atomic mass is 32.2. The van der Waals surface area contributed by atoms with E-state index >= 15 is 0 Å². The molecule has 2 aromatic carbocycles. The van der Waals surface area contributed by atoms with E-state index in [9.17, 15) is 4.79 Å². The van der Waals surface area contributed by atoms with E-state index in [0.29, 0.717) is 6.54 Å². The summed E-state index contributed by atoms with van der Waals surface area (Å²) in [5, 5.41) is 2.94. The van der Waals surface area contributed by atoms with Gasteiger partial charge in [0, 0.05) is 12.2 Å². The number of benzene rings is 2. The number of ether oxygens (including phenoxy) is 1. The van der Waals surface area contributed by atoms with Crippen molar-refractivity contribution in [3.05, 3.63) is 65.7 Å². The fourth-order valence-electron chi connectivity index (χ4n) is 2.60. The first-order valence-electron chi connectivity index (χ1n) is 7.90. The fourth-order valence-corrected chi connectivity index (χ4v) is 3.47. The van der Waals surface area contributed by atoms with Crippen LogP contribution in [0.3, 0.4) is 0 Å². The number of carbonyl (C=O) groups excluding carboxylic acids is 1. The highest BCUT2D eigenvalue weighted by Gasteiger charge is 2.23. The molecule has 1 aliphatic rings. The Balaban J connectivity index is 1.41. The first kappa shape index (κ1) is 15.9. The Bertz CT molecular complexity index is 634. The van der Waals surface area contributed by atoms with Gasteiger partial charge in [0.1, 0.15) is 11.9 Å². The van der Waals surface area contributed by atoms with Gasteiger partial charge in [-0.25, -0.2) is 0 Å². The van der Waals surface area contributed by atoms with Crippen molar-refractivity contribution in [3.8, 4) is 5.75 Å². The van der Waals surface area contributed by atoms with Crippen LogP contribution in [0.15, 0.2) is 54.6 Å². The number of para-hydroxylation sites is 1. The van der Waals surface area contributed by atoms with Gasteiger partial charge in [-0.2, -0.15) is 0 Å². The first-order chi connectivity index (χ1) is 11.2. The van der Waals surface area contributed by atoms with Gasteiger partial charge < -0.3 is 10.1 Å². The average Bonchev–Trinajstić information content (AvgIpc) is 3.01. The molecule has 0 spiro atoms. The monoisotopic (exact) mass is 327 g/mol. The Morgan fingerprint density at radius 1 is 1.22 bits per heavy atom. The summed E-state index contributed by atoms with van der Waals surface area (Å²) in [7, 11) is 0. The lowest BCUT2D eigenvalue weighted by atomic mass is 10.1. The fraction of sp³-hybridized carbons (Fsp3) is 0.316. The van der Waals surface area contributed by atoms with Crippen molar-refractivity contribution >= 4 is 17.7 Å². The molecule has 0 fully saturated rings. The number of nitrogens with one attached hydrogen (secondary N) is 1. The SMILES string of the molecule is C[C@@H](SCc1ccccc1)C(=O)NC[C@H]1Cc2ccccc2O1. The highest BCUT2D eigenvalue weighted by molar-refractivity contribution is 7.99. The molecule has 1 aliphatic heterocycles. The minimum Gasteiger partial charge on any atom is -0.488 e. The van der Waals surface area contributed by atoms with Crippen LogP contribution in [-0.4, -0.2) is 23.8 Å². The van der Waals surface area contributed by atoms with Gasteiger partial charge in [0.25, 0.3) is 0 Å². The Morgan fingerprint density at radius 3 is 2.74 bits per heavy atom. The van der Waals surface area contributed by atoms with Gasteiger partial charge >= 0.3 is 0 Å². The molecule has 1 N–H and O–H groups in total. The molecule has 0 radical (unpaired) electrons. The largest absolute Gasteiger partial charge is 0.488 e. The maximum Gasteiger partial charge on any atom is 0.232 e. The number of carbonyl (C=O) groups is 1. The molecule has 3 nitrogen and oxygen atoms in total. The second-order valence-corrected chi connectivity index (χ2v) is 7.06. The van der Waals surface area contributed by atoms with Crippen LogP contribution >= 0.6 is 11.8 Å². The van der Waals surface area contributed by atoms with Crippen LogP contribution < -0.4 is 10.1 Å². The van der Waals surface area contributed by atoms with Crippen molar-refractivity contribution < 1.29 is 9.53 Å². The molecule has 0 saturated carbocycles. The van der Waals surface area contributed by atoms with Gasteiger partial charge in [-0.3, -0.25) is 4.79 Å². The van der Waals surface area contributed by atoms with Gasteiger partial charge in [-0.1, -0.05) is 48.5 Å².